The number of likely N-dealkylation sites (N-methyl/N-ethyl adjacent to an activating group) is 1. The molecule has 0 spiro atoms. The molecule has 1 rings (SSSR count). The SMILES string of the molecule is CCN(CC)CC(C)NCc1cc(O)cc(F)c1. The first-order valence-electron chi connectivity index (χ1n) is 6.49. The second-order valence-electron chi connectivity index (χ2n) is 4.59. The zero-order chi connectivity index (χ0) is 13.5. The highest BCUT2D eigenvalue weighted by Crippen LogP contribution is 2.14. The topological polar surface area (TPSA) is 35.5 Å². The van der Waals surface area contributed by atoms with Crippen LogP contribution in [0.25, 0.3) is 0 Å². The molecule has 0 aliphatic heterocycles. The van der Waals surface area contributed by atoms with Crippen LogP contribution in [0.2, 0.25) is 0 Å². The molecule has 2 N–H and O–H groups in total. The first kappa shape index (κ1) is 14.9. The van der Waals surface area contributed by atoms with E-state index in [0.717, 1.165) is 31.3 Å². The Morgan fingerprint density at radius 2 is 1.94 bits per heavy atom. The third-order valence-electron chi connectivity index (χ3n) is 3.02. The van der Waals surface area contributed by atoms with E-state index in [4.69, 9.17) is 0 Å². The number of benzene rings is 1. The van der Waals surface area contributed by atoms with Gasteiger partial charge in [0, 0.05) is 25.2 Å². The highest BCUT2D eigenvalue weighted by Gasteiger charge is 2.07. The Kier molecular flexibility index (Phi) is 6.09. The van der Waals surface area contributed by atoms with E-state index < -0.39 is 5.82 Å². The van der Waals surface area contributed by atoms with Crippen LogP contribution in [0.5, 0.6) is 5.75 Å². The van der Waals surface area contributed by atoms with Crippen molar-refractivity contribution in [2.24, 2.45) is 0 Å². The largest absolute Gasteiger partial charge is 0.508 e. The number of aromatic hydroxyl groups is 1. The van der Waals surface area contributed by atoms with Crippen molar-refractivity contribution in [2.45, 2.75) is 33.4 Å². The van der Waals surface area contributed by atoms with Gasteiger partial charge in [-0.3, -0.25) is 0 Å². The molecule has 1 unspecified atom stereocenters. The molecule has 18 heavy (non-hydrogen) atoms. The van der Waals surface area contributed by atoms with E-state index in [1.807, 2.05) is 0 Å². The molecule has 0 aliphatic rings. The van der Waals surface area contributed by atoms with Crippen molar-refractivity contribution >= 4 is 0 Å². The monoisotopic (exact) mass is 254 g/mol. The minimum atomic E-state index is -0.400. The second-order valence-corrected chi connectivity index (χ2v) is 4.59. The molecule has 0 fully saturated rings. The van der Waals surface area contributed by atoms with Crippen molar-refractivity contribution in [3.05, 3.63) is 29.6 Å². The van der Waals surface area contributed by atoms with Crippen LogP contribution in [0, 0.1) is 5.82 Å². The van der Waals surface area contributed by atoms with Gasteiger partial charge >= 0.3 is 0 Å². The number of hydrogen-bond acceptors (Lipinski definition) is 3. The summed E-state index contributed by atoms with van der Waals surface area (Å²) in [4.78, 5) is 2.33. The Labute approximate surface area is 109 Å². The number of hydrogen-bond donors (Lipinski definition) is 2. The molecule has 1 aromatic rings. The lowest BCUT2D eigenvalue weighted by molar-refractivity contribution is 0.270. The normalized spacial score (nSPS) is 12.9. The summed E-state index contributed by atoms with van der Waals surface area (Å²) >= 11 is 0. The van der Waals surface area contributed by atoms with Gasteiger partial charge in [0.25, 0.3) is 0 Å². The molecule has 0 bridgehead atoms. The minimum absolute atomic E-state index is 0.0248. The molecular formula is C14H23FN2O. The molecular weight excluding hydrogens is 231 g/mol. The maximum Gasteiger partial charge on any atom is 0.127 e. The molecule has 1 atom stereocenters. The van der Waals surface area contributed by atoms with Gasteiger partial charge in [0.1, 0.15) is 11.6 Å². The summed E-state index contributed by atoms with van der Waals surface area (Å²) in [6, 6.07) is 4.47. The fraction of sp³-hybridized carbons (Fsp3) is 0.571. The van der Waals surface area contributed by atoms with Crippen molar-refractivity contribution in [3.8, 4) is 5.75 Å². The molecule has 102 valence electrons. The number of nitrogens with zero attached hydrogens (tertiary/aromatic N) is 1. The van der Waals surface area contributed by atoms with Crippen LogP contribution in [0.1, 0.15) is 26.3 Å². The summed E-state index contributed by atoms with van der Waals surface area (Å²) in [6.07, 6.45) is 0. The van der Waals surface area contributed by atoms with Gasteiger partial charge in [0.2, 0.25) is 0 Å². The molecule has 0 amide bonds. The first-order valence-corrected chi connectivity index (χ1v) is 6.49. The summed E-state index contributed by atoms with van der Waals surface area (Å²) in [5, 5.41) is 12.6. The molecule has 0 aliphatic carbocycles. The predicted octanol–water partition coefficient (Wildman–Crippen LogP) is 2.35. The van der Waals surface area contributed by atoms with E-state index in [9.17, 15) is 9.50 Å². The Balaban J connectivity index is 2.44. The van der Waals surface area contributed by atoms with Crippen LogP contribution in [-0.2, 0) is 6.54 Å². The quantitative estimate of drug-likeness (QED) is 0.784. The van der Waals surface area contributed by atoms with E-state index in [1.54, 1.807) is 6.07 Å². The van der Waals surface area contributed by atoms with E-state index >= 15 is 0 Å². The third kappa shape index (κ3) is 5.02. The van der Waals surface area contributed by atoms with Gasteiger partial charge in [0.15, 0.2) is 0 Å². The second kappa shape index (κ2) is 7.34. The molecule has 1 aromatic carbocycles. The van der Waals surface area contributed by atoms with Gasteiger partial charge < -0.3 is 15.3 Å². The van der Waals surface area contributed by atoms with E-state index in [1.165, 1.54) is 6.07 Å². The lowest BCUT2D eigenvalue weighted by atomic mass is 10.2. The number of nitrogens with one attached hydrogen (secondary N) is 1. The molecule has 0 heterocycles. The summed E-state index contributed by atoms with van der Waals surface area (Å²) in [7, 11) is 0. The van der Waals surface area contributed by atoms with E-state index in [0.29, 0.717) is 12.6 Å². The van der Waals surface area contributed by atoms with Gasteiger partial charge in [-0.05, 0) is 37.7 Å². The summed E-state index contributed by atoms with van der Waals surface area (Å²) < 4.78 is 13.1. The van der Waals surface area contributed by atoms with Gasteiger partial charge in [0.05, 0.1) is 0 Å². The number of phenolic OH excluding ortho intramolecular Hbond substituents is 1. The first-order chi connectivity index (χ1) is 8.55. The zero-order valence-electron chi connectivity index (χ0n) is 11.4. The van der Waals surface area contributed by atoms with Crippen molar-refractivity contribution in [2.75, 3.05) is 19.6 Å². The number of rotatable bonds is 7. The maximum atomic E-state index is 13.1. The highest BCUT2D eigenvalue weighted by molar-refractivity contribution is 5.28. The van der Waals surface area contributed by atoms with Crippen LogP contribution in [0.3, 0.4) is 0 Å². The third-order valence-corrected chi connectivity index (χ3v) is 3.02. The van der Waals surface area contributed by atoms with Crippen molar-refractivity contribution in [3.63, 3.8) is 0 Å². The summed E-state index contributed by atoms with van der Waals surface area (Å²) in [6.45, 7) is 9.98. The van der Waals surface area contributed by atoms with Crippen molar-refractivity contribution in [1.29, 1.82) is 0 Å². The average molecular weight is 254 g/mol. The summed E-state index contributed by atoms with van der Waals surface area (Å²) in [5.41, 5.74) is 0.763. The van der Waals surface area contributed by atoms with Gasteiger partial charge in [-0.25, -0.2) is 4.39 Å². The van der Waals surface area contributed by atoms with Crippen molar-refractivity contribution in [1.82, 2.24) is 10.2 Å². The Morgan fingerprint density at radius 1 is 1.28 bits per heavy atom. The van der Waals surface area contributed by atoms with Crippen LogP contribution in [-0.4, -0.2) is 35.7 Å². The fourth-order valence-electron chi connectivity index (χ4n) is 1.96. The smallest absolute Gasteiger partial charge is 0.127 e. The molecule has 3 nitrogen and oxygen atoms in total. The van der Waals surface area contributed by atoms with Gasteiger partial charge in [-0.15, -0.1) is 0 Å². The van der Waals surface area contributed by atoms with Crippen molar-refractivity contribution < 1.29 is 9.50 Å². The Hall–Kier alpha value is -1.13. The van der Waals surface area contributed by atoms with E-state index in [-0.39, 0.29) is 5.75 Å². The number of phenols is 1. The minimum Gasteiger partial charge on any atom is -0.508 e. The van der Waals surface area contributed by atoms with E-state index in [2.05, 4.69) is 31.0 Å². The Morgan fingerprint density at radius 3 is 2.50 bits per heavy atom. The average Bonchev–Trinajstić information content (AvgIpc) is 2.32. The molecule has 0 saturated heterocycles. The van der Waals surface area contributed by atoms with Gasteiger partial charge in [-0.1, -0.05) is 13.8 Å². The molecule has 0 aromatic heterocycles. The molecule has 4 heteroatoms. The lowest BCUT2D eigenvalue weighted by Gasteiger charge is -2.23. The van der Waals surface area contributed by atoms with Gasteiger partial charge in [-0.2, -0.15) is 0 Å². The Bertz CT molecular complexity index is 347. The maximum absolute atomic E-state index is 13.1. The highest BCUT2D eigenvalue weighted by atomic mass is 19.1. The predicted molar refractivity (Wildman–Crippen MR) is 72.2 cm³/mol. The lowest BCUT2D eigenvalue weighted by Crippen LogP contribution is -2.38. The zero-order valence-corrected chi connectivity index (χ0v) is 11.4. The molecule has 0 saturated carbocycles. The standard InChI is InChI=1S/C14H23FN2O/c1-4-17(5-2)10-11(3)16-9-12-6-13(15)8-14(18)7-12/h6-8,11,16,18H,4-5,9-10H2,1-3H3. The fourth-order valence-corrected chi connectivity index (χ4v) is 1.96. The number of halogens is 1. The van der Waals surface area contributed by atoms with Crippen LogP contribution < -0.4 is 5.32 Å². The van der Waals surface area contributed by atoms with Crippen LogP contribution >= 0.6 is 0 Å². The summed E-state index contributed by atoms with van der Waals surface area (Å²) in [5.74, 6) is -0.425. The van der Waals surface area contributed by atoms with Crippen LogP contribution in [0.4, 0.5) is 4.39 Å². The molecule has 0 radical (unpaired) electrons. The van der Waals surface area contributed by atoms with Crippen LogP contribution in [0.15, 0.2) is 18.2 Å².